The lowest BCUT2D eigenvalue weighted by Crippen LogP contribution is -2.50. The van der Waals surface area contributed by atoms with Crippen molar-refractivity contribution in [2.24, 2.45) is 5.92 Å². The lowest BCUT2D eigenvalue weighted by Gasteiger charge is -2.36. The van der Waals surface area contributed by atoms with Crippen LogP contribution in [0, 0.1) is 5.92 Å². The summed E-state index contributed by atoms with van der Waals surface area (Å²) in [7, 11) is 3.38. The molecule has 14 heavy (non-hydrogen) atoms. The monoisotopic (exact) mass is 200 g/mol. The lowest BCUT2D eigenvalue weighted by atomic mass is 9.92. The third kappa shape index (κ3) is 2.61. The Morgan fingerprint density at radius 1 is 1.57 bits per heavy atom. The van der Waals surface area contributed by atoms with Gasteiger partial charge in [0.25, 0.3) is 0 Å². The van der Waals surface area contributed by atoms with Gasteiger partial charge in [0, 0.05) is 19.1 Å². The summed E-state index contributed by atoms with van der Waals surface area (Å²) in [5.41, 5.74) is 0. The maximum Gasteiger partial charge on any atom is 0.409 e. The zero-order valence-corrected chi connectivity index (χ0v) is 9.25. The Hall–Kier alpha value is -0.770. The average Bonchev–Trinajstić information content (AvgIpc) is 2.27. The van der Waals surface area contributed by atoms with E-state index in [2.05, 4.69) is 12.2 Å². The summed E-state index contributed by atoms with van der Waals surface area (Å²) < 4.78 is 4.73. The Labute approximate surface area is 85.6 Å². The number of piperidine rings is 1. The number of carbonyl (C=O) groups excluding carboxylic acids is 1. The van der Waals surface area contributed by atoms with Crippen molar-refractivity contribution in [1.29, 1.82) is 0 Å². The van der Waals surface area contributed by atoms with Gasteiger partial charge in [0.2, 0.25) is 0 Å². The van der Waals surface area contributed by atoms with Crippen molar-refractivity contribution in [3.05, 3.63) is 0 Å². The summed E-state index contributed by atoms with van der Waals surface area (Å²) in [5, 5.41) is 3.23. The highest BCUT2D eigenvalue weighted by molar-refractivity contribution is 5.67. The number of likely N-dealkylation sites (tertiary alicyclic amines) is 1. The minimum absolute atomic E-state index is 0.205. The minimum Gasteiger partial charge on any atom is -0.453 e. The first-order chi connectivity index (χ1) is 6.71. The number of likely N-dealkylation sites (N-methyl/N-ethyl adjacent to an activating group) is 1. The quantitative estimate of drug-likeness (QED) is 0.725. The predicted molar refractivity (Wildman–Crippen MR) is 55.2 cm³/mol. The van der Waals surface area contributed by atoms with E-state index in [0.717, 1.165) is 25.9 Å². The van der Waals surface area contributed by atoms with Gasteiger partial charge in [0.05, 0.1) is 7.11 Å². The molecule has 0 saturated carbocycles. The first kappa shape index (κ1) is 11.3. The molecule has 4 heteroatoms. The van der Waals surface area contributed by atoms with Gasteiger partial charge in [-0.2, -0.15) is 0 Å². The fraction of sp³-hybridized carbons (Fsp3) is 0.900. The molecule has 0 radical (unpaired) electrons. The molecule has 0 aliphatic carbocycles. The molecule has 0 aromatic carbocycles. The molecule has 1 aliphatic heterocycles. The van der Waals surface area contributed by atoms with Crippen LogP contribution in [-0.4, -0.2) is 44.3 Å². The number of hydrogen-bond acceptors (Lipinski definition) is 3. The van der Waals surface area contributed by atoms with Gasteiger partial charge < -0.3 is 15.0 Å². The molecule has 1 N–H and O–H groups in total. The number of hydrogen-bond donors (Lipinski definition) is 1. The third-order valence-electron chi connectivity index (χ3n) is 2.96. The number of amides is 1. The zero-order chi connectivity index (χ0) is 10.6. The summed E-state index contributed by atoms with van der Waals surface area (Å²) in [5.74, 6) is 0.597. The van der Waals surface area contributed by atoms with E-state index in [4.69, 9.17) is 4.74 Å². The fourth-order valence-electron chi connectivity index (χ4n) is 1.99. The van der Waals surface area contributed by atoms with Crippen molar-refractivity contribution in [3.8, 4) is 0 Å². The standard InChI is InChI=1S/C10H20N2O2/c1-4-8-5-9(11-2)7-12(6-8)10(13)14-3/h8-9,11H,4-7H2,1-3H3. The van der Waals surface area contributed by atoms with Crippen LogP contribution in [0.5, 0.6) is 0 Å². The van der Waals surface area contributed by atoms with E-state index >= 15 is 0 Å². The molecule has 1 rings (SSSR count). The van der Waals surface area contributed by atoms with Crippen LogP contribution in [0.4, 0.5) is 4.79 Å². The number of carbonyl (C=O) groups is 1. The fourth-order valence-corrected chi connectivity index (χ4v) is 1.99. The molecule has 0 aromatic heterocycles. The molecule has 1 amide bonds. The molecule has 1 aliphatic rings. The first-order valence-electron chi connectivity index (χ1n) is 5.21. The van der Waals surface area contributed by atoms with Gasteiger partial charge in [-0.15, -0.1) is 0 Å². The van der Waals surface area contributed by atoms with Gasteiger partial charge in [-0.05, 0) is 19.4 Å². The summed E-state index contributed by atoms with van der Waals surface area (Å²) in [6.07, 6.45) is 2.06. The summed E-state index contributed by atoms with van der Waals surface area (Å²) in [6.45, 7) is 3.76. The molecule has 2 unspecified atom stereocenters. The van der Waals surface area contributed by atoms with E-state index in [0.29, 0.717) is 12.0 Å². The Morgan fingerprint density at radius 3 is 2.79 bits per heavy atom. The van der Waals surface area contributed by atoms with Crippen LogP contribution < -0.4 is 5.32 Å². The molecule has 2 atom stereocenters. The molecule has 0 aromatic rings. The number of rotatable bonds is 2. The Kier molecular flexibility index (Phi) is 4.20. The summed E-state index contributed by atoms with van der Waals surface area (Å²) in [4.78, 5) is 13.2. The molecule has 1 heterocycles. The largest absolute Gasteiger partial charge is 0.453 e. The highest BCUT2D eigenvalue weighted by Crippen LogP contribution is 2.19. The smallest absolute Gasteiger partial charge is 0.409 e. The van der Waals surface area contributed by atoms with E-state index in [1.165, 1.54) is 7.11 Å². The molecule has 0 bridgehead atoms. The van der Waals surface area contributed by atoms with E-state index in [9.17, 15) is 4.79 Å². The summed E-state index contributed by atoms with van der Waals surface area (Å²) >= 11 is 0. The zero-order valence-electron chi connectivity index (χ0n) is 9.25. The van der Waals surface area contributed by atoms with E-state index in [1.807, 2.05) is 7.05 Å². The van der Waals surface area contributed by atoms with E-state index in [1.54, 1.807) is 4.90 Å². The van der Waals surface area contributed by atoms with Crippen LogP contribution in [0.3, 0.4) is 0 Å². The molecule has 4 nitrogen and oxygen atoms in total. The molecule has 82 valence electrons. The van der Waals surface area contributed by atoms with E-state index in [-0.39, 0.29) is 6.09 Å². The number of methoxy groups -OCH3 is 1. The van der Waals surface area contributed by atoms with Gasteiger partial charge in [-0.25, -0.2) is 4.79 Å². The Bertz CT molecular complexity index is 185. The number of ether oxygens (including phenoxy) is 1. The Balaban J connectivity index is 2.55. The normalized spacial score (nSPS) is 27.5. The van der Waals surface area contributed by atoms with Crippen LogP contribution in [0.1, 0.15) is 19.8 Å². The predicted octanol–water partition coefficient (Wildman–Crippen LogP) is 1.07. The highest BCUT2D eigenvalue weighted by atomic mass is 16.5. The van der Waals surface area contributed by atoms with Gasteiger partial charge >= 0.3 is 6.09 Å². The van der Waals surface area contributed by atoms with Crippen molar-refractivity contribution in [2.45, 2.75) is 25.8 Å². The lowest BCUT2D eigenvalue weighted by molar-refractivity contribution is 0.0914. The maximum absolute atomic E-state index is 11.4. The first-order valence-corrected chi connectivity index (χ1v) is 5.21. The summed E-state index contributed by atoms with van der Waals surface area (Å²) in [6, 6.07) is 0.410. The second kappa shape index (κ2) is 5.20. The minimum atomic E-state index is -0.205. The van der Waals surface area contributed by atoms with Crippen LogP contribution >= 0.6 is 0 Å². The number of nitrogens with one attached hydrogen (secondary N) is 1. The van der Waals surface area contributed by atoms with Crippen molar-refractivity contribution in [2.75, 3.05) is 27.2 Å². The molecule has 1 fully saturated rings. The van der Waals surface area contributed by atoms with Gasteiger partial charge in [0.15, 0.2) is 0 Å². The molecular formula is C10H20N2O2. The second-order valence-corrected chi connectivity index (χ2v) is 3.87. The van der Waals surface area contributed by atoms with E-state index < -0.39 is 0 Å². The van der Waals surface area contributed by atoms with Crippen molar-refractivity contribution >= 4 is 6.09 Å². The maximum atomic E-state index is 11.4. The van der Waals surface area contributed by atoms with Crippen molar-refractivity contribution in [3.63, 3.8) is 0 Å². The average molecular weight is 200 g/mol. The Morgan fingerprint density at radius 2 is 2.29 bits per heavy atom. The van der Waals surface area contributed by atoms with Crippen molar-refractivity contribution in [1.82, 2.24) is 10.2 Å². The second-order valence-electron chi connectivity index (χ2n) is 3.87. The van der Waals surface area contributed by atoms with Crippen LogP contribution in [-0.2, 0) is 4.74 Å². The van der Waals surface area contributed by atoms with Crippen molar-refractivity contribution < 1.29 is 9.53 Å². The number of nitrogens with zero attached hydrogens (tertiary/aromatic N) is 1. The molecular weight excluding hydrogens is 180 g/mol. The van der Waals surface area contributed by atoms with Gasteiger partial charge in [0.1, 0.15) is 0 Å². The SMILES string of the molecule is CCC1CC(NC)CN(C(=O)OC)C1. The topological polar surface area (TPSA) is 41.6 Å². The molecule has 0 spiro atoms. The van der Waals surface area contributed by atoms with Crippen LogP contribution in [0.2, 0.25) is 0 Å². The van der Waals surface area contributed by atoms with Gasteiger partial charge in [-0.1, -0.05) is 13.3 Å². The highest BCUT2D eigenvalue weighted by Gasteiger charge is 2.28. The molecule has 1 saturated heterocycles. The third-order valence-corrected chi connectivity index (χ3v) is 2.96. The van der Waals surface area contributed by atoms with Gasteiger partial charge in [-0.3, -0.25) is 0 Å². The van der Waals surface area contributed by atoms with Crippen LogP contribution in [0.25, 0.3) is 0 Å². The van der Waals surface area contributed by atoms with Crippen LogP contribution in [0.15, 0.2) is 0 Å².